The maximum atomic E-state index is 12.1. The van der Waals surface area contributed by atoms with Crippen LogP contribution in [0.25, 0.3) is 0 Å². The number of hydrogen-bond donors (Lipinski definition) is 2. The van der Waals surface area contributed by atoms with Crippen LogP contribution in [-0.4, -0.2) is 33.0 Å². The summed E-state index contributed by atoms with van der Waals surface area (Å²) in [4.78, 5) is 23.7. The van der Waals surface area contributed by atoms with E-state index in [0.29, 0.717) is 5.75 Å². The van der Waals surface area contributed by atoms with E-state index in [1.54, 1.807) is 24.3 Å². The van der Waals surface area contributed by atoms with Crippen LogP contribution in [0.15, 0.2) is 59.5 Å². The van der Waals surface area contributed by atoms with Crippen LogP contribution in [0.5, 0.6) is 5.75 Å². The summed E-state index contributed by atoms with van der Waals surface area (Å²) >= 11 is 0. The molecule has 0 bridgehead atoms. The lowest BCUT2D eigenvalue weighted by Crippen LogP contribution is -2.31. The molecule has 1 unspecified atom stereocenters. The van der Waals surface area contributed by atoms with Gasteiger partial charge in [-0.1, -0.05) is 24.3 Å². The monoisotopic (exact) mass is 378 g/mol. The van der Waals surface area contributed by atoms with Crippen LogP contribution < -0.4 is 15.2 Å². The highest BCUT2D eigenvalue weighted by molar-refractivity contribution is 7.89. The van der Waals surface area contributed by atoms with Gasteiger partial charge >= 0.3 is 5.97 Å². The molecule has 2 aromatic carbocycles. The molecule has 0 fully saturated rings. The second-order valence-corrected chi connectivity index (χ2v) is 6.86. The molecule has 2 aromatic rings. The molecule has 9 heteroatoms. The summed E-state index contributed by atoms with van der Waals surface area (Å²) in [7, 11) is -3.89. The smallest absolute Gasteiger partial charge is 0.344 e. The van der Waals surface area contributed by atoms with Crippen LogP contribution in [0.4, 0.5) is 5.69 Å². The molecule has 0 aliphatic heterocycles. The Morgan fingerprint density at radius 3 is 2.46 bits per heavy atom. The van der Waals surface area contributed by atoms with E-state index in [4.69, 9.17) is 14.6 Å². The molecule has 26 heavy (non-hydrogen) atoms. The Labute approximate surface area is 151 Å². The molecule has 1 atom stereocenters. The van der Waals surface area contributed by atoms with Crippen LogP contribution in [0.3, 0.4) is 0 Å². The second-order valence-electron chi connectivity index (χ2n) is 5.30. The van der Waals surface area contributed by atoms with E-state index in [1.807, 2.05) is 6.07 Å². The lowest BCUT2D eigenvalue weighted by molar-refractivity contribution is -0.155. The lowest BCUT2D eigenvalue weighted by Gasteiger charge is -2.14. The number of rotatable bonds is 7. The van der Waals surface area contributed by atoms with E-state index < -0.39 is 28.0 Å². The minimum atomic E-state index is -3.89. The number of nitrogens with two attached hydrogens (primary N) is 1. The standard InChI is InChI=1S/C17H18N2O6S/c1-12(25-16(20)11-24-14-7-3-2-4-8-14)17(21)19-13-6-5-9-15(10-13)26(18,22)23/h2-10,12H,11H2,1H3,(H,19,21)(H2,18,22,23). The second kappa shape index (κ2) is 8.45. The Morgan fingerprint density at radius 1 is 1.12 bits per heavy atom. The van der Waals surface area contributed by atoms with Crippen LogP contribution in [0, 0.1) is 0 Å². The van der Waals surface area contributed by atoms with E-state index >= 15 is 0 Å². The summed E-state index contributed by atoms with van der Waals surface area (Å²) in [6, 6.07) is 14.1. The van der Waals surface area contributed by atoms with Gasteiger partial charge in [0.25, 0.3) is 5.91 Å². The number of para-hydroxylation sites is 1. The van der Waals surface area contributed by atoms with Gasteiger partial charge in [-0.15, -0.1) is 0 Å². The molecule has 0 saturated heterocycles. The number of carbonyl (C=O) groups is 2. The lowest BCUT2D eigenvalue weighted by atomic mass is 10.3. The molecule has 0 heterocycles. The number of amides is 1. The largest absolute Gasteiger partial charge is 0.482 e. The van der Waals surface area contributed by atoms with Gasteiger partial charge < -0.3 is 14.8 Å². The van der Waals surface area contributed by atoms with Crippen LogP contribution >= 0.6 is 0 Å². The summed E-state index contributed by atoms with van der Waals surface area (Å²) in [5, 5.41) is 7.50. The Hall–Kier alpha value is -2.91. The fourth-order valence-corrected chi connectivity index (χ4v) is 2.50. The fraction of sp³-hybridized carbons (Fsp3) is 0.176. The molecular formula is C17H18N2O6S. The van der Waals surface area contributed by atoms with Gasteiger partial charge in [0.2, 0.25) is 10.0 Å². The van der Waals surface area contributed by atoms with Gasteiger partial charge in [0.1, 0.15) is 5.75 Å². The van der Waals surface area contributed by atoms with Gasteiger partial charge in [0.05, 0.1) is 4.90 Å². The third-order valence-corrected chi connectivity index (χ3v) is 4.12. The summed E-state index contributed by atoms with van der Waals surface area (Å²) in [6.45, 7) is 1.04. The maximum Gasteiger partial charge on any atom is 0.344 e. The highest BCUT2D eigenvalue weighted by Gasteiger charge is 2.19. The zero-order valence-corrected chi connectivity index (χ0v) is 14.7. The van der Waals surface area contributed by atoms with Crippen molar-refractivity contribution in [2.24, 2.45) is 5.14 Å². The highest BCUT2D eigenvalue weighted by atomic mass is 32.2. The number of sulfonamides is 1. The Bertz CT molecular complexity index is 883. The molecular weight excluding hydrogens is 360 g/mol. The molecule has 3 N–H and O–H groups in total. The first-order chi connectivity index (χ1) is 12.3. The third kappa shape index (κ3) is 5.87. The number of ether oxygens (including phenoxy) is 2. The zero-order valence-electron chi connectivity index (χ0n) is 13.9. The number of carbonyl (C=O) groups excluding carboxylic acids is 2. The molecule has 0 spiro atoms. The van der Waals surface area contributed by atoms with Crippen molar-refractivity contribution < 1.29 is 27.5 Å². The van der Waals surface area contributed by atoms with Gasteiger partial charge in [0, 0.05) is 5.69 Å². The van der Waals surface area contributed by atoms with E-state index in [0.717, 1.165) is 0 Å². The van der Waals surface area contributed by atoms with Crippen LogP contribution in [0.1, 0.15) is 6.92 Å². The maximum absolute atomic E-state index is 12.1. The summed E-state index contributed by atoms with van der Waals surface area (Å²) in [6.07, 6.45) is -1.10. The Balaban J connectivity index is 1.88. The predicted molar refractivity (Wildman–Crippen MR) is 93.9 cm³/mol. The molecule has 1 amide bonds. The van der Waals surface area contributed by atoms with Crippen molar-refractivity contribution in [1.82, 2.24) is 0 Å². The predicted octanol–water partition coefficient (Wildman–Crippen LogP) is 1.28. The minimum Gasteiger partial charge on any atom is -0.482 e. The van der Waals surface area contributed by atoms with E-state index in [1.165, 1.54) is 31.2 Å². The zero-order chi connectivity index (χ0) is 19.2. The van der Waals surface area contributed by atoms with Crippen molar-refractivity contribution in [3.05, 3.63) is 54.6 Å². The minimum absolute atomic E-state index is 0.142. The van der Waals surface area contributed by atoms with Crippen molar-refractivity contribution >= 4 is 27.6 Å². The molecule has 0 radical (unpaired) electrons. The molecule has 8 nitrogen and oxygen atoms in total. The molecule has 0 saturated carbocycles. The first-order valence-corrected chi connectivity index (χ1v) is 9.11. The summed E-state index contributed by atoms with van der Waals surface area (Å²) in [5.74, 6) is -0.833. The molecule has 2 rings (SSSR count). The van der Waals surface area contributed by atoms with Crippen molar-refractivity contribution in [3.8, 4) is 5.75 Å². The summed E-state index contributed by atoms with van der Waals surface area (Å²) < 4.78 is 32.9. The summed E-state index contributed by atoms with van der Waals surface area (Å²) in [5.41, 5.74) is 0.213. The van der Waals surface area contributed by atoms with Crippen molar-refractivity contribution in [1.29, 1.82) is 0 Å². The van der Waals surface area contributed by atoms with E-state index in [2.05, 4.69) is 5.32 Å². The van der Waals surface area contributed by atoms with E-state index in [9.17, 15) is 18.0 Å². The Kier molecular flexibility index (Phi) is 6.31. The van der Waals surface area contributed by atoms with Gasteiger partial charge in [0.15, 0.2) is 12.7 Å². The van der Waals surface area contributed by atoms with Gasteiger partial charge in [-0.05, 0) is 37.3 Å². The average molecular weight is 378 g/mol. The normalized spacial score (nSPS) is 12.1. The molecule has 0 aliphatic carbocycles. The van der Waals surface area contributed by atoms with Crippen LogP contribution in [0.2, 0.25) is 0 Å². The quantitative estimate of drug-likeness (QED) is 0.699. The van der Waals surface area contributed by atoms with Crippen molar-refractivity contribution in [2.75, 3.05) is 11.9 Å². The van der Waals surface area contributed by atoms with Crippen molar-refractivity contribution in [2.45, 2.75) is 17.9 Å². The SMILES string of the molecule is CC(OC(=O)COc1ccccc1)C(=O)Nc1cccc(S(N)(=O)=O)c1. The first-order valence-electron chi connectivity index (χ1n) is 7.57. The molecule has 0 aromatic heterocycles. The molecule has 138 valence electrons. The van der Waals surface area contributed by atoms with Gasteiger partial charge in [-0.25, -0.2) is 18.4 Å². The first kappa shape index (κ1) is 19.4. The number of benzene rings is 2. The van der Waals surface area contributed by atoms with Crippen molar-refractivity contribution in [3.63, 3.8) is 0 Å². The van der Waals surface area contributed by atoms with Gasteiger partial charge in [-0.3, -0.25) is 4.79 Å². The third-order valence-electron chi connectivity index (χ3n) is 3.21. The fourth-order valence-electron chi connectivity index (χ4n) is 1.94. The number of primary sulfonamides is 1. The molecule has 0 aliphatic rings. The van der Waals surface area contributed by atoms with E-state index in [-0.39, 0.29) is 17.2 Å². The number of nitrogens with one attached hydrogen (secondary N) is 1. The number of esters is 1. The number of anilines is 1. The average Bonchev–Trinajstić information content (AvgIpc) is 2.60. The topological polar surface area (TPSA) is 125 Å². The van der Waals surface area contributed by atoms with Gasteiger partial charge in [-0.2, -0.15) is 0 Å². The Morgan fingerprint density at radius 2 is 1.81 bits per heavy atom. The highest BCUT2D eigenvalue weighted by Crippen LogP contribution is 2.15. The van der Waals surface area contributed by atoms with Crippen LogP contribution in [-0.2, 0) is 24.3 Å². The number of hydrogen-bond acceptors (Lipinski definition) is 6.